The Morgan fingerprint density at radius 1 is 1.02 bits per heavy atom. The molecule has 3 rings (SSSR count). The van der Waals surface area contributed by atoms with Crippen LogP contribution in [0.3, 0.4) is 0 Å². The molecule has 0 aliphatic rings. The molecule has 2 amide bonds. The molecule has 230 valence electrons. The van der Waals surface area contributed by atoms with Gasteiger partial charge < -0.3 is 15.0 Å². The van der Waals surface area contributed by atoms with Crippen LogP contribution in [0.1, 0.15) is 25.0 Å². The van der Waals surface area contributed by atoms with E-state index in [1.165, 1.54) is 24.1 Å². The monoisotopic (exact) mass is 630 g/mol. The minimum Gasteiger partial charge on any atom is -0.495 e. The summed E-state index contributed by atoms with van der Waals surface area (Å²) >= 11 is 6.07. The van der Waals surface area contributed by atoms with Gasteiger partial charge >= 0.3 is 0 Å². The molecule has 0 heterocycles. The van der Waals surface area contributed by atoms with Crippen molar-refractivity contribution in [1.82, 2.24) is 10.2 Å². The highest BCUT2D eigenvalue weighted by Crippen LogP contribution is 2.34. The lowest BCUT2D eigenvalue weighted by Gasteiger charge is -2.34. The topological polar surface area (TPSA) is 139 Å². The van der Waals surface area contributed by atoms with Crippen molar-refractivity contribution in [2.45, 2.75) is 32.9 Å². The summed E-state index contributed by atoms with van der Waals surface area (Å²) < 4.78 is 32.1. The van der Waals surface area contributed by atoms with Crippen LogP contribution in [0.5, 0.6) is 5.75 Å². The van der Waals surface area contributed by atoms with E-state index in [1.54, 1.807) is 24.3 Å². The van der Waals surface area contributed by atoms with Gasteiger partial charge in [0, 0.05) is 36.7 Å². The van der Waals surface area contributed by atoms with Crippen LogP contribution >= 0.6 is 11.6 Å². The predicted molar refractivity (Wildman–Crippen MR) is 166 cm³/mol. The van der Waals surface area contributed by atoms with Gasteiger partial charge in [0.15, 0.2) is 0 Å². The maximum atomic E-state index is 14.2. The molecular formula is C30H35ClN4O7S. The van der Waals surface area contributed by atoms with E-state index in [4.69, 9.17) is 16.3 Å². The van der Waals surface area contributed by atoms with Crippen molar-refractivity contribution in [3.8, 4) is 5.75 Å². The van der Waals surface area contributed by atoms with Crippen molar-refractivity contribution >= 4 is 44.8 Å². The van der Waals surface area contributed by atoms with E-state index in [0.717, 1.165) is 22.2 Å². The number of sulfonamides is 1. The zero-order valence-corrected chi connectivity index (χ0v) is 26.0. The number of halogens is 1. The second-order valence-corrected chi connectivity index (χ2v) is 12.7. The first-order chi connectivity index (χ1) is 20.3. The molecule has 3 aromatic carbocycles. The number of ether oxygens (including phenoxy) is 1. The second kappa shape index (κ2) is 14.8. The molecule has 43 heavy (non-hydrogen) atoms. The van der Waals surface area contributed by atoms with Crippen molar-refractivity contribution in [3.63, 3.8) is 0 Å². The Bertz CT molecular complexity index is 1530. The van der Waals surface area contributed by atoms with Crippen LogP contribution in [0.4, 0.5) is 11.4 Å². The third-order valence-electron chi connectivity index (χ3n) is 6.54. The maximum absolute atomic E-state index is 14.2. The molecule has 0 aromatic heterocycles. The van der Waals surface area contributed by atoms with E-state index in [-0.39, 0.29) is 36.0 Å². The smallest absolute Gasteiger partial charge is 0.271 e. The number of nitrogens with zero attached hydrogens (tertiary/aromatic N) is 3. The van der Waals surface area contributed by atoms with Crippen molar-refractivity contribution < 1.29 is 27.7 Å². The molecule has 11 nitrogen and oxygen atoms in total. The Hall–Kier alpha value is -4.16. The first-order valence-corrected chi connectivity index (χ1v) is 15.7. The highest BCUT2D eigenvalue weighted by molar-refractivity contribution is 7.92. The van der Waals surface area contributed by atoms with E-state index in [9.17, 15) is 28.1 Å². The maximum Gasteiger partial charge on any atom is 0.271 e. The van der Waals surface area contributed by atoms with Crippen LogP contribution < -0.4 is 14.4 Å². The standard InChI is InChI=1S/C30H35ClN4O7S/c1-21(2)18-32-30(37)27(16-22-8-6-5-7-9-22)33(19-23-10-12-24(31)13-11-23)29(36)20-34(43(4,40)41)26-17-25(35(38)39)14-15-28(26)42-3/h5-15,17,21,27H,16,18-20H2,1-4H3,(H,32,37)/t27-/m0/s1. The number of carbonyl (C=O) groups excluding carboxylic acids is 2. The SMILES string of the molecule is COc1ccc([N+](=O)[O-])cc1N(CC(=O)N(Cc1ccc(Cl)cc1)[C@@H](Cc1ccccc1)C(=O)NCC(C)C)S(C)(=O)=O. The molecule has 3 aromatic rings. The van der Waals surface area contributed by atoms with E-state index >= 15 is 0 Å². The summed E-state index contributed by atoms with van der Waals surface area (Å²) in [6, 6.07) is 18.4. The fourth-order valence-electron chi connectivity index (χ4n) is 4.34. The number of amides is 2. The van der Waals surface area contributed by atoms with Crippen LogP contribution in [0.25, 0.3) is 0 Å². The van der Waals surface area contributed by atoms with Gasteiger partial charge in [-0.3, -0.25) is 24.0 Å². The number of hydrogen-bond acceptors (Lipinski definition) is 7. The Morgan fingerprint density at radius 2 is 1.67 bits per heavy atom. The lowest BCUT2D eigenvalue weighted by Crippen LogP contribution is -2.53. The normalized spacial score (nSPS) is 12.0. The number of nitro groups is 1. The molecule has 0 aliphatic carbocycles. The summed E-state index contributed by atoms with van der Waals surface area (Å²) in [6.07, 6.45) is 1.04. The largest absolute Gasteiger partial charge is 0.495 e. The quantitative estimate of drug-likeness (QED) is 0.205. The number of carbonyl (C=O) groups is 2. The third kappa shape index (κ3) is 9.42. The molecule has 1 atom stereocenters. The zero-order chi connectivity index (χ0) is 31.7. The van der Waals surface area contributed by atoms with Gasteiger partial charge in [-0.15, -0.1) is 0 Å². The summed E-state index contributed by atoms with van der Waals surface area (Å²) in [5.41, 5.74) is 0.889. The molecule has 0 bridgehead atoms. The summed E-state index contributed by atoms with van der Waals surface area (Å²) in [6.45, 7) is 3.48. The Balaban J connectivity index is 2.11. The Labute approximate surface area is 256 Å². The van der Waals surface area contributed by atoms with Gasteiger partial charge in [0.25, 0.3) is 5.69 Å². The van der Waals surface area contributed by atoms with Crippen molar-refractivity contribution in [2.75, 3.05) is 30.8 Å². The van der Waals surface area contributed by atoms with Gasteiger partial charge in [-0.1, -0.05) is 67.9 Å². The molecule has 0 aliphatic heterocycles. The average molecular weight is 631 g/mol. The summed E-state index contributed by atoms with van der Waals surface area (Å²) in [4.78, 5) is 40.0. The fraction of sp³-hybridized carbons (Fsp3) is 0.333. The minimum absolute atomic E-state index is 0.0172. The van der Waals surface area contributed by atoms with E-state index < -0.39 is 39.3 Å². The van der Waals surface area contributed by atoms with Crippen LogP contribution in [0, 0.1) is 16.0 Å². The highest BCUT2D eigenvalue weighted by Gasteiger charge is 2.34. The van der Waals surface area contributed by atoms with Crippen molar-refractivity contribution in [3.05, 3.63) is 99.1 Å². The molecule has 0 radical (unpaired) electrons. The van der Waals surface area contributed by atoms with Gasteiger partial charge in [-0.25, -0.2) is 8.42 Å². The van der Waals surface area contributed by atoms with Crippen molar-refractivity contribution in [2.24, 2.45) is 5.92 Å². The number of nitro benzene ring substituents is 1. The number of benzene rings is 3. The van der Waals surface area contributed by atoms with E-state index in [1.807, 2.05) is 44.2 Å². The number of nitrogens with one attached hydrogen (secondary N) is 1. The van der Waals surface area contributed by atoms with Crippen LogP contribution in [0.15, 0.2) is 72.8 Å². The van der Waals surface area contributed by atoms with Crippen LogP contribution in [-0.2, 0) is 32.6 Å². The lowest BCUT2D eigenvalue weighted by atomic mass is 10.0. The lowest BCUT2D eigenvalue weighted by molar-refractivity contribution is -0.384. The van der Waals surface area contributed by atoms with Gasteiger partial charge in [-0.2, -0.15) is 0 Å². The first-order valence-electron chi connectivity index (χ1n) is 13.5. The van der Waals surface area contributed by atoms with E-state index in [0.29, 0.717) is 17.1 Å². The Kier molecular flexibility index (Phi) is 11.5. The first kappa shape index (κ1) is 33.3. The number of non-ortho nitro benzene ring substituents is 1. The highest BCUT2D eigenvalue weighted by atomic mass is 35.5. The fourth-order valence-corrected chi connectivity index (χ4v) is 5.32. The van der Waals surface area contributed by atoms with Gasteiger partial charge in [-0.05, 0) is 35.2 Å². The summed E-state index contributed by atoms with van der Waals surface area (Å²) in [7, 11) is -2.87. The molecule has 0 saturated heterocycles. The van der Waals surface area contributed by atoms with Gasteiger partial charge in [0.05, 0.1) is 18.3 Å². The van der Waals surface area contributed by atoms with Crippen LogP contribution in [0.2, 0.25) is 5.02 Å². The average Bonchev–Trinajstić information content (AvgIpc) is 2.96. The third-order valence-corrected chi connectivity index (χ3v) is 7.92. The Morgan fingerprint density at radius 3 is 2.23 bits per heavy atom. The molecular weight excluding hydrogens is 596 g/mol. The molecule has 0 spiro atoms. The van der Waals surface area contributed by atoms with E-state index in [2.05, 4.69) is 5.32 Å². The molecule has 0 saturated carbocycles. The van der Waals surface area contributed by atoms with Crippen molar-refractivity contribution in [1.29, 1.82) is 0 Å². The molecule has 13 heteroatoms. The van der Waals surface area contributed by atoms with Gasteiger partial charge in [0.1, 0.15) is 24.0 Å². The second-order valence-electron chi connectivity index (χ2n) is 10.4. The molecule has 0 unspecified atom stereocenters. The number of rotatable bonds is 14. The minimum atomic E-state index is -4.16. The summed E-state index contributed by atoms with van der Waals surface area (Å²) in [5, 5.41) is 14.9. The zero-order valence-electron chi connectivity index (χ0n) is 24.4. The molecule has 1 N–H and O–H groups in total. The number of methoxy groups -OCH3 is 1. The number of hydrogen-bond donors (Lipinski definition) is 1. The number of anilines is 1. The van der Waals surface area contributed by atoms with Gasteiger partial charge in [0.2, 0.25) is 21.8 Å². The summed E-state index contributed by atoms with van der Waals surface area (Å²) in [5.74, 6) is -0.944. The molecule has 0 fully saturated rings. The van der Waals surface area contributed by atoms with Crippen LogP contribution in [-0.4, -0.2) is 62.6 Å². The predicted octanol–water partition coefficient (Wildman–Crippen LogP) is 4.44.